The van der Waals surface area contributed by atoms with Crippen molar-refractivity contribution in [3.63, 3.8) is 0 Å². The Morgan fingerprint density at radius 2 is 1.91 bits per heavy atom. The molecule has 0 bridgehead atoms. The maximum absolute atomic E-state index is 12.4. The number of thioether (sulfide) groups is 1. The lowest BCUT2D eigenvalue weighted by Crippen LogP contribution is -2.19. The van der Waals surface area contributed by atoms with Gasteiger partial charge in [-0.2, -0.15) is 0 Å². The summed E-state index contributed by atoms with van der Waals surface area (Å²) in [6, 6.07) is 20.5. The van der Waals surface area contributed by atoms with Crippen LogP contribution in [0, 0.1) is 0 Å². The highest BCUT2D eigenvalue weighted by atomic mass is 79.9. The maximum atomic E-state index is 12.4. The predicted octanol–water partition coefficient (Wildman–Crippen LogP) is 6.58. The average molecular weight is 530 g/mol. The highest BCUT2D eigenvalue weighted by Crippen LogP contribution is 2.32. The van der Waals surface area contributed by atoms with Crippen LogP contribution in [0.1, 0.15) is 11.1 Å². The minimum atomic E-state index is -0.183. The van der Waals surface area contributed by atoms with Crippen LogP contribution in [0.15, 0.2) is 81.1 Å². The number of aliphatic imine (C=N–C) groups is 1. The molecule has 0 unspecified atom stereocenters. The molecule has 1 fully saturated rings. The van der Waals surface area contributed by atoms with Crippen molar-refractivity contribution in [2.45, 2.75) is 6.61 Å². The standard InChI is InChI=1S/C24H18BrClN2O3S/c1-30-18-9-7-17(8-10-18)27-24-28-23(29)22(32-24)13-15-6-11-21(19(25)12-15)31-14-16-4-2-3-5-20(16)26/h2-13H,14H2,1H3,(H,27,28,29)/b22-13+. The average Bonchev–Trinajstić information content (AvgIpc) is 3.13. The topological polar surface area (TPSA) is 59.9 Å². The number of nitrogens with one attached hydrogen (secondary N) is 1. The van der Waals surface area contributed by atoms with Crippen LogP contribution in [-0.4, -0.2) is 18.2 Å². The minimum absolute atomic E-state index is 0.183. The zero-order valence-corrected chi connectivity index (χ0v) is 20.1. The first-order valence-electron chi connectivity index (χ1n) is 9.61. The number of carbonyl (C=O) groups is 1. The lowest BCUT2D eigenvalue weighted by molar-refractivity contribution is -0.115. The third-order valence-electron chi connectivity index (χ3n) is 4.55. The summed E-state index contributed by atoms with van der Waals surface area (Å²) in [5.74, 6) is 1.26. The first kappa shape index (κ1) is 22.5. The van der Waals surface area contributed by atoms with E-state index in [0.29, 0.717) is 27.5 Å². The van der Waals surface area contributed by atoms with Gasteiger partial charge < -0.3 is 14.8 Å². The van der Waals surface area contributed by atoms with Crippen molar-refractivity contribution in [3.8, 4) is 11.5 Å². The van der Waals surface area contributed by atoms with E-state index in [0.717, 1.165) is 27.0 Å². The third kappa shape index (κ3) is 5.54. The summed E-state index contributed by atoms with van der Waals surface area (Å²) in [4.78, 5) is 17.4. The van der Waals surface area contributed by atoms with E-state index in [1.807, 2.05) is 72.8 Å². The molecule has 162 valence electrons. The van der Waals surface area contributed by atoms with Gasteiger partial charge in [-0.25, -0.2) is 4.99 Å². The summed E-state index contributed by atoms with van der Waals surface area (Å²) in [7, 11) is 1.61. The first-order valence-corrected chi connectivity index (χ1v) is 11.6. The van der Waals surface area contributed by atoms with Gasteiger partial charge in [-0.1, -0.05) is 35.9 Å². The molecule has 32 heavy (non-hydrogen) atoms. The second kappa shape index (κ2) is 10.3. The van der Waals surface area contributed by atoms with E-state index >= 15 is 0 Å². The van der Waals surface area contributed by atoms with Crippen LogP contribution in [0.3, 0.4) is 0 Å². The molecule has 3 aromatic carbocycles. The van der Waals surface area contributed by atoms with E-state index in [1.165, 1.54) is 11.8 Å². The molecule has 5 nitrogen and oxygen atoms in total. The summed E-state index contributed by atoms with van der Waals surface area (Å²) >= 11 is 11.0. The molecule has 0 radical (unpaired) electrons. The Bertz CT molecular complexity index is 1210. The molecule has 1 amide bonds. The predicted molar refractivity (Wildman–Crippen MR) is 134 cm³/mol. The number of ether oxygens (including phenoxy) is 2. The monoisotopic (exact) mass is 528 g/mol. The summed E-state index contributed by atoms with van der Waals surface area (Å²) in [6.45, 7) is 0.363. The van der Waals surface area contributed by atoms with Crippen LogP contribution in [0.2, 0.25) is 5.02 Å². The zero-order chi connectivity index (χ0) is 22.5. The highest BCUT2D eigenvalue weighted by molar-refractivity contribution is 9.10. The smallest absolute Gasteiger partial charge is 0.264 e. The molecule has 1 saturated heterocycles. The Labute approximate surface area is 203 Å². The Morgan fingerprint density at radius 1 is 1.12 bits per heavy atom. The van der Waals surface area contributed by atoms with Crippen LogP contribution >= 0.6 is 39.3 Å². The van der Waals surface area contributed by atoms with Crippen LogP contribution in [0.25, 0.3) is 6.08 Å². The van der Waals surface area contributed by atoms with Gasteiger partial charge in [-0.3, -0.25) is 4.79 Å². The molecule has 1 aliphatic rings. The van der Waals surface area contributed by atoms with E-state index in [-0.39, 0.29) is 5.91 Å². The van der Waals surface area contributed by atoms with Gasteiger partial charge in [0.1, 0.15) is 18.1 Å². The highest BCUT2D eigenvalue weighted by Gasteiger charge is 2.24. The Kier molecular flexibility index (Phi) is 7.19. The number of hydrogen-bond acceptors (Lipinski definition) is 5. The van der Waals surface area contributed by atoms with Crippen LogP contribution in [-0.2, 0) is 11.4 Å². The zero-order valence-electron chi connectivity index (χ0n) is 17.0. The molecule has 0 spiro atoms. The second-order valence-corrected chi connectivity index (χ2v) is 9.04. The summed E-state index contributed by atoms with van der Waals surface area (Å²) in [5, 5.41) is 4.00. The van der Waals surface area contributed by atoms with E-state index in [2.05, 4.69) is 26.2 Å². The fourth-order valence-corrected chi connectivity index (χ4v) is 4.44. The van der Waals surface area contributed by atoms with Gasteiger partial charge in [0.05, 0.1) is 22.2 Å². The number of benzene rings is 3. The number of amides is 1. The number of rotatable bonds is 6. The fourth-order valence-electron chi connectivity index (χ4n) is 2.90. The normalized spacial score (nSPS) is 15.8. The molecule has 1 N–H and O–H groups in total. The second-order valence-electron chi connectivity index (χ2n) is 6.75. The van der Waals surface area contributed by atoms with Crippen LogP contribution < -0.4 is 14.8 Å². The molecule has 0 saturated carbocycles. The van der Waals surface area contributed by atoms with E-state index < -0.39 is 0 Å². The van der Waals surface area contributed by atoms with Crippen molar-refractivity contribution in [2.24, 2.45) is 4.99 Å². The van der Waals surface area contributed by atoms with Gasteiger partial charge in [0, 0.05) is 10.6 Å². The lowest BCUT2D eigenvalue weighted by atomic mass is 10.2. The summed E-state index contributed by atoms with van der Waals surface area (Å²) in [6.07, 6.45) is 1.82. The molecule has 0 atom stereocenters. The van der Waals surface area contributed by atoms with E-state index in [1.54, 1.807) is 7.11 Å². The van der Waals surface area contributed by atoms with Gasteiger partial charge in [0.25, 0.3) is 5.91 Å². The van der Waals surface area contributed by atoms with Gasteiger partial charge in [0.2, 0.25) is 0 Å². The number of nitrogens with zero attached hydrogens (tertiary/aromatic N) is 1. The van der Waals surface area contributed by atoms with Crippen LogP contribution in [0.5, 0.6) is 11.5 Å². The van der Waals surface area contributed by atoms with E-state index in [9.17, 15) is 4.79 Å². The van der Waals surface area contributed by atoms with Crippen molar-refractivity contribution in [2.75, 3.05) is 7.11 Å². The number of amidine groups is 1. The van der Waals surface area contributed by atoms with Crippen molar-refractivity contribution in [1.82, 2.24) is 5.32 Å². The molecular weight excluding hydrogens is 512 g/mol. The fraction of sp³-hybridized carbons (Fsp3) is 0.0833. The molecule has 8 heteroatoms. The summed E-state index contributed by atoms with van der Waals surface area (Å²) in [5.41, 5.74) is 2.51. The Balaban J connectivity index is 1.45. The minimum Gasteiger partial charge on any atom is -0.497 e. The van der Waals surface area contributed by atoms with Gasteiger partial charge >= 0.3 is 0 Å². The number of methoxy groups -OCH3 is 1. The van der Waals surface area contributed by atoms with Crippen molar-refractivity contribution in [3.05, 3.63) is 92.3 Å². The Hall–Kier alpha value is -2.74. The molecule has 1 heterocycles. The SMILES string of the molecule is COc1ccc(N=C2NC(=O)/C(=C\c3ccc(OCc4ccccc4Cl)c(Br)c3)S2)cc1. The third-order valence-corrected chi connectivity index (χ3v) is 6.45. The molecule has 1 aliphatic heterocycles. The van der Waals surface area contributed by atoms with Crippen molar-refractivity contribution < 1.29 is 14.3 Å². The quantitative estimate of drug-likeness (QED) is 0.366. The number of carbonyl (C=O) groups excluding carboxylic acids is 1. The van der Waals surface area contributed by atoms with Gasteiger partial charge in [0.15, 0.2) is 5.17 Å². The van der Waals surface area contributed by atoms with Crippen molar-refractivity contribution in [1.29, 1.82) is 0 Å². The van der Waals surface area contributed by atoms with Crippen molar-refractivity contribution >= 4 is 62.1 Å². The number of halogens is 2. The maximum Gasteiger partial charge on any atom is 0.264 e. The van der Waals surface area contributed by atoms with Gasteiger partial charge in [-0.05, 0) is 81.8 Å². The molecular formula is C24H18BrClN2O3S. The molecule has 4 rings (SSSR count). The first-order chi connectivity index (χ1) is 15.5. The lowest BCUT2D eigenvalue weighted by Gasteiger charge is -2.10. The largest absolute Gasteiger partial charge is 0.497 e. The van der Waals surface area contributed by atoms with Crippen LogP contribution in [0.4, 0.5) is 5.69 Å². The summed E-state index contributed by atoms with van der Waals surface area (Å²) < 4.78 is 11.8. The molecule has 0 aliphatic carbocycles. The molecule has 0 aromatic heterocycles. The number of hydrogen-bond donors (Lipinski definition) is 1. The molecule has 3 aromatic rings. The van der Waals surface area contributed by atoms with Gasteiger partial charge in [-0.15, -0.1) is 0 Å². The Morgan fingerprint density at radius 3 is 2.62 bits per heavy atom. The van der Waals surface area contributed by atoms with E-state index in [4.69, 9.17) is 21.1 Å².